The van der Waals surface area contributed by atoms with E-state index in [-0.39, 0.29) is 11.5 Å². The molecule has 8 heteroatoms. The van der Waals surface area contributed by atoms with Crippen LogP contribution < -0.4 is 10.6 Å². The van der Waals surface area contributed by atoms with Gasteiger partial charge in [0.1, 0.15) is 0 Å². The van der Waals surface area contributed by atoms with Gasteiger partial charge in [-0.1, -0.05) is 25.1 Å². The van der Waals surface area contributed by atoms with Gasteiger partial charge in [0.05, 0.1) is 11.5 Å². The fourth-order valence-corrected chi connectivity index (χ4v) is 4.76. The van der Waals surface area contributed by atoms with Crippen LogP contribution in [0.1, 0.15) is 6.92 Å². The molecule has 1 fully saturated rings. The van der Waals surface area contributed by atoms with Gasteiger partial charge >= 0.3 is 0 Å². The van der Waals surface area contributed by atoms with Crippen LogP contribution in [-0.2, 0) is 9.84 Å². The lowest BCUT2D eigenvalue weighted by atomic mass is 10.4. The lowest BCUT2D eigenvalue weighted by Crippen LogP contribution is -2.46. The zero-order chi connectivity index (χ0) is 18.1. The molecule has 2 N–H and O–H groups in total. The number of hydrogen-bond acceptors (Lipinski definition) is 5. The highest BCUT2D eigenvalue weighted by Gasteiger charge is 2.20. The normalized spacial score (nSPS) is 19.4. The second kappa shape index (κ2) is 10.0. The van der Waals surface area contributed by atoms with Crippen molar-refractivity contribution in [3.05, 3.63) is 30.3 Å². The maximum Gasteiger partial charge on any atom is 0.191 e. The molecule has 0 amide bonds. The Balaban J connectivity index is 1.63. The summed E-state index contributed by atoms with van der Waals surface area (Å²) in [6.45, 7) is 5.83. The summed E-state index contributed by atoms with van der Waals surface area (Å²) >= 11 is 1.83. The van der Waals surface area contributed by atoms with E-state index < -0.39 is 9.84 Å². The van der Waals surface area contributed by atoms with Crippen molar-refractivity contribution in [1.29, 1.82) is 0 Å². The molecule has 1 heterocycles. The molecule has 0 saturated carbocycles. The van der Waals surface area contributed by atoms with Crippen molar-refractivity contribution in [1.82, 2.24) is 15.5 Å². The highest BCUT2D eigenvalue weighted by molar-refractivity contribution is 8.00. The smallest absolute Gasteiger partial charge is 0.191 e. The molecular formula is C17H28N4O2S2. The minimum atomic E-state index is -2.81. The lowest BCUT2D eigenvalue weighted by Gasteiger charge is -2.26. The van der Waals surface area contributed by atoms with E-state index in [1.165, 1.54) is 4.90 Å². The van der Waals surface area contributed by atoms with Gasteiger partial charge in [0, 0.05) is 49.9 Å². The molecule has 0 aliphatic carbocycles. The van der Waals surface area contributed by atoms with Crippen LogP contribution in [0.15, 0.2) is 40.2 Å². The molecule has 0 radical (unpaired) electrons. The fraction of sp³-hybridized carbons (Fsp3) is 0.588. The van der Waals surface area contributed by atoms with Crippen LogP contribution in [0, 0.1) is 0 Å². The van der Waals surface area contributed by atoms with Gasteiger partial charge in [-0.3, -0.25) is 9.89 Å². The van der Waals surface area contributed by atoms with Crippen LogP contribution in [0.25, 0.3) is 0 Å². The Morgan fingerprint density at radius 1 is 1.24 bits per heavy atom. The molecule has 25 heavy (non-hydrogen) atoms. The predicted molar refractivity (Wildman–Crippen MR) is 106 cm³/mol. The van der Waals surface area contributed by atoms with Gasteiger partial charge in [-0.2, -0.15) is 0 Å². The topological polar surface area (TPSA) is 73.8 Å². The van der Waals surface area contributed by atoms with E-state index in [0.29, 0.717) is 18.3 Å². The van der Waals surface area contributed by atoms with Crippen molar-refractivity contribution in [2.45, 2.75) is 17.1 Å². The number of guanidine groups is 1. The molecule has 0 bridgehead atoms. The van der Waals surface area contributed by atoms with Gasteiger partial charge in [0.15, 0.2) is 15.8 Å². The molecule has 0 aromatic heterocycles. The molecule has 1 aromatic rings. The number of thioether (sulfide) groups is 1. The third-order valence-corrected chi connectivity index (χ3v) is 6.74. The third kappa shape index (κ3) is 7.66. The van der Waals surface area contributed by atoms with E-state index in [2.05, 4.69) is 51.7 Å². The Morgan fingerprint density at radius 3 is 2.56 bits per heavy atom. The molecule has 1 saturated heterocycles. The highest BCUT2D eigenvalue weighted by Crippen LogP contribution is 2.21. The number of rotatable bonds is 7. The molecule has 2 rings (SSSR count). The average Bonchev–Trinajstić information content (AvgIpc) is 2.60. The van der Waals surface area contributed by atoms with Crippen molar-refractivity contribution >= 4 is 27.6 Å². The molecule has 1 unspecified atom stereocenters. The van der Waals surface area contributed by atoms with E-state index in [1.807, 2.05) is 17.8 Å². The van der Waals surface area contributed by atoms with Crippen LogP contribution >= 0.6 is 11.8 Å². The molecule has 1 aliphatic rings. The first-order valence-corrected chi connectivity index (χ1v) is 11.3. The Bertz CT molecular complexity index is 636. The molecular weight excluding hydrogens is 356 g/mol. The summed E-state index contributed by atoms with van der Waals surface area (Å²) in [7, 11) is -1.04. The van der Waals surface area contributed by atoms with Crippen molar-refractivity contribution in [2.75, 3.05) is 51.3 Å². The fourth-order valence-electron chi connectivity index (χ4n) is 2.54. The second-order valence-corrected chi connectivity index (χ2v) is 9.93. The van der Waals surface area contributed by atoms with E-state index in [1.54, 1.807) is 7.05 Å². The number of aliphatic imine (C=N–C) groups is 1. The maximum absolute atomic E-state index is 11.4. The minimum Gasteiger partial charge on any atom is -0.355 e. The number of nitrogens with zero attached hydrogens (tertiary/aromatic N) is 2. The summed E-state index contributed by atoms with van der Waals surface area (Å²) < 4.78 is 22.9. The Kier molecular flexibility index (Phi) is 8.05. The first kappa shape index (κ1) is 20.1. The van der Waals surface area contributed by atoms with Gasteiger partial charge in [0.25, 0.3) is 0 Å². The molecule has 1 aliphatic heterocycles. The summed E-state index contributed by atoms with van der Waals surface area (Å²) in [6.07, 6.45) is 0. The summed E-state index contributed by atoms with van der Waals surface area (Å²) in [5.41, 5.74) is 0. The number of nitrogens with one attached hydrogen (secondary N) is 2. The molecule has 1 aromatic carbocycles. The summed E-state index contributed by atoms with van der Waals surface area (Å²) in [5, 5.41) is 7.06. The van der Waals surface area contributed by atoms with Gasteiger partial charge in [0.2, 0.25) is 0 Å². The first-order chi connectivity index (χ1) is 12.0. The predicted octanol–water partition coefficient (Wildman–Crippen LogP) is 1.06. The Morgan fingerprint density at radius 2 is 1.92 bits per heavy atom. The monoisotopic (exact) mass is 384 g/mol. The van der Waals surface area contributed by atoms with Gasteiger partial charge in [-0.25, -0.2) is 8.42 Å². The van der Waals surface area contributed by atoms with Crippen molar-refractivity contribution in [3.63, 3.8) is 0 Å². The second-order valence-electron chi connectivity index (χ2n) is 6.11. The summed E-state index contributed by atoms with van der Waals surface area (Å²) in [4.78, 5) is 7.68. The molecule has 140 valence electrons. The lowest BCUT2D eigenvalue weighted by molar-refractivity contribution is 0.299. The van der Waals surface area contributed by atoms with E-state index in [0.717, 1.165) is 25.6 Å². The third-order valence-electron chi connectivity index (χ3n) is 4.02. The zero-order valence-electron chi connectivity index (χ0n) is 14.9. The van der Waals surface area contributed by atoms with E-state index in [9.17, 15) is 8.42 Å². The zero-order valence-corrected chi connectivity index (χ0v) is 16.6. The van der Waals surface area contributed by atoms with E-state index in [4.69, 9.17) is 0 Å². The maximum atomic E-state index is 11.4. The highest BCUT2D eigenvalue weighted by atomic mass is 32.2. The van der Waals surface area contributed by atoms with Crippen molar-refractivity contribution in [2.24, 2.45) is 4.99 Å². The van der Waals surface area contributed by atoms with Crippen molar-refractivity contribution < 1.29 is 8.42 Å². The summed E-state index contributed by atoms with van der Waals surface area (Å²) in [6, 6.07) is 10.4. The first-order valence-electron chi connectivity index (χ1n) is 8.57. The van der Waals surface area contributed by atoms with Gasteiger partial charge < -0.3 is 10.6 Å². The van der Waals surface area contributed by atoms with E-state index >= 15 is 0 Å². The largest absolute Gasteiger partial charge is 0.355 e. The SMILES string of the molecule is CN=C(NCCN1CCS(=O)(=O)CC1)NCC(C)Sc1ccccc1. The van der Waals surface area contributed by atoms with Crippen LogP contribution in [0.5, 0.6) is 0 Å². The molecule has 1 atom stereocenters. The number of sulfone groups is 1. The van der Waals surface area contributed by atoms with Crippen LogP contribution in [0.4, 0.5) is 0 Å². The number of hydrogen-bond donors (Lipinski definition) is 2. The van der Waals surface area contributed by atoms with Crippen LogP contribution in [-0.4, -0.2) is 75.8 Å². The Hall–Kier alpha value is -1.25. The Labute approximate surface area is 155 Å². The molecule has 6 nitrogen and oxygen atoms in total. The minimum absolute atomic E-state index is 0.272. The van der Waals surface area contributed by atoms with Gasteiger partial charge in [-0.05, 0) is 12.1 Å². The van der Waals surface area contributed by atoms with Gasteiger partial charge in [-0.15, -0.1) is 11.8 Å². The number of benzene rings is 1. The van der Waals surface area contributed by atoms with Crippen molar-refractivity contribution in [3.8, 4) is 0 Å². The standard InChI is InChI=1S/C17H28N4O2S2/c1-15(24-16-6-4-3-5-7-16)14-20-17(18-2)19-8-9-21-10-12-25(22,23)13-11-21/h3-7,15H,8-14H2,1-2H3,(H2,18,19,20). The van der Waals surface area contributed by atoms with Crippen LogP contribution in [0.2, 0.25) is 0 Å². The summed E-state index contributed by atoms with van der Waals surface area (Å²) in [5.74, 6) is 1.33. The quantitative estimate of drug-likeness (QED) is 0.416. The molecule has 0 spiro atoms. The van der Waals surface area contributed by atoms with Crippen LogP contribution in [0.3, 0.4) is 0 Å². The average molecular weight is 385 g/mol.